The number of methoxy groups -OCH3 is 1. The molecule has 2 N–H and O–H groups in total. The number of thiocarbonyl (C=S) groups is 1. The molecule has 26 heavy (non-hydrogen) atoms. The Kier molecular flexibility index (Phi) is 10.7. The van der Waals surface area contributed by atoms with Crippen LogP contribution >= 0.6 is 12.2 Å². The molecule has 0 aliphatic rings. The van der Waals surface area contributed by atoms with Gasteiger partial charge in [-0.2, -0.15) is 0 Å². The third kappa shape index (κ3) is 9.04. The SMILES string of the molecule is CCCCCC(=O)NC(=S)NCc1ccc(OCCC(C)C)c(OC)c1. The number of nitrogens with one attached hydrogen (secondary N) is 2. The quantitative estimate of drug-likeness (QED) is 0.445. The van der Waals surface area contributed by atoms with Gasteiger partial charge in [-0.15, -0.1) is 0 Å². The summed E-state index contributed by atoms with van der Waals surface area (Å²) in [6.07, 6.45) is 4.54. The van der Waals surface area contributed by atoms with Gasteiger partial charge in [-0.1, -0.05) is 39.7 Å². The minimum atomic E-state index is -0.0394. The van der Waals surface area contributed by atoms with E-state index < -0.39 is 0 Å². The molecule has 0 fully saturated rings. The maximum atomic E-state index is 11.8. The monoisotopic (exact) mass is 380 g/mol. The standard InChI is InChI=1S/C20H32N2O3S/c1-5-6-7-8-19(23)22-20(26)21-14-16-9-10-17(18(13-16)24-4)25-12-11-15(2)3/h9-10,13,15H,5-8,11-12,14H2,1-4H3,(H2,21,22,23,26). The van der Waals surface area contributed by atoms with Gasteiger partial charge >= 0.3 is 0 Å². The van der Waals surface area contributed by atoms with Crippen LogP contribution in [0.25, 0.3) is 0 Å². The third-order valence-corrected chi connectivity index (χ3v) is 4.14. The lowest BCUT2D eigenvalue weighted by Gasteiger charge is -2.14. The van der Waals surface area contributed by atoms with Gasteiger partial charge in [-0.25, -0.2) is 0 Å². The molecule has 0 aromatic heterocycles. The molecule has 0 radical (unpaired) electrons. The minimum absolute atomic E-state index is 0.0394. The molecule has 0 aliphatic heterocycles. The van der Waals surface area contributed by atoms with Gasteiger partial charge in [-0.3, -0.25) is 4.79 Å². The summed E-state index contributed by atoms with van der Waals surface area (Å²) in [5, 5.41) is 6.11. The molecular weight excluding hydrogens is 348 g/mol. The number of unbranched alkanes of at least 4 members (excludes halogenated alkanes) is 2. The first-order valence-electron chi connectivity index (χ1n) is 9.33. The van der Waals surface area contributed by atoms with Gasteiger partial charge in [0.05, 0.1) is 13.7 Å². The Labute approximate surface area is 162 Å². The Balaban J connectivity index is 2.46. The lowest BCUT2D eigenvalue weighted by Crippen LogP contribution is -2.38. The first-order chi connectivity index (χ1) is 12.5. The van der Waals surface area contributed by atoms with Gasteiger partial charge in [0.25, 0.3) is 0 Å². The second-order valence-electron chi connectivity index (χ2n) is 6.70. The summed E-state index contributed by atoms with van der Waals surface area (Å²) >= 11 is 5.18. The first kappa shape index (κ1) is 22.2. The highest BCUT2D eigenvalue weighted by atomic mass is 32.1. The molecule has 0 spiro atoms. The van der Waals surface area contributed by atoms with E-state index in [2.05, 4.69) is 31.4 Å². The topological polar surface area (TPSA) is 59.6 Å². The number of carbonyl (C=O) groups excluding carboxylic acids is 1. The second kappa shape index (κ2) is 12.5. The second-order valence-corrected chi connectivity index (χ2v) is 7.11. The van der Waals surface area contributed by atoms with E-state index in [1.165, 1.54) is 0 Å². The van der Waals surface area contributed by atoms with Crippen LogP contribution in [0.2, 0.25) is 0 Å². The summed E-state index contributed by atoms with van der Waals surface area (Å²) in [5.41, 5.74) is 1.00. The van der Waals surface area contributed by atoms with Crippen LogP contribution < -0.4 is 20.1 Å². The Morgan fingerprint density at radius 3 is 2.65 bits per heavy atom. The predicted molar refractivity (Wildman–Crippen MR) is 110 cm³/mol. The van der Waals surface area contributed by atoms with Crippen LogP contribution in [0.1, 0.15) is 58.4 Å². The van der Waals surface area contributed by atoms with E-state index in [1.54, 1.807) is 7.11 Å². The van der Waals surface area contributed by atoms with Crippen molar-refractivity contribution in [3.05, 3.63) is 23.8 Å². The van der Waals surface area contributed by atoms with Crippen molar-refractivity contribution >= 4 is 23.2 Å². The van der Waals surface area contributed by atoms with E-state index in [1.807, 2.05) is 18.2 Å². The molecule has 0 unspecified atom stereocenters. The number of amides is 1. The maximum Gasteiger partial charge on any atom is 0.226 e. The maximum absolute atomic E-state index is 11.8. The van der Waals surface area contributed by atoms with Crippen LogP contribution in [-0.4, -0.2) is 24.7 Å². The molecule has 0 saturated carbocycles. The number of rotatable bonds is 11. The lowest BCUT2D eigenvalue weighted by molar-refractivity contribution is -0.119. The summed E-state index contributed by atoms with van der Waals surface area (Å²) in [4.78, 5) is 11.8. The molecular formula is C20H32N2O3S. The Bertz CT molecular complexity index is 576. The fraction of sp³-hybridized carbons (Fsp3) is 0.600. The van der Waals surface area contributed by atoms with E-state index in [0.717, 1.165) is 37.0 Å². The van der Waals surface area contributed by atoms with Crippen molar-refractivity contribution in [1.29, 1.82) is 0 Å². The molecule has 1 aromatic carbocycles. The predicted octanol–water partition coefficient (Wildman–Crippen LogP) is 4.19. The molecule has 1 aromatic rings. The molecule has 5 nitrogen and oxygen atoms in total. The summed E-state index contributed by atoms with van der Waals surface area (Å²) in [5.74, 6) is 2.00. The van der Waals surface area contributed by atoms with Crippen molar-refractivity contribution < 1.29 is 14.3 Å². The summed E-state index contributed by atoms with van der Waals surface area (Å²) < 4.78 is 11.2. The normalized spacial score (nSPS) is 10.5. The molecule has 0 atom stereocenters. The summed E-state index contributed by atoms with van der Waals surface area (Å²) in [6.45, 7) is 7.62. The van der Waals surface area contributed by atoms with Crippen molar-refractivity contribution in [2.24, 2.45) is 5.92 Å². The molecule has 1 rings (SSSR count). The first-order valence-corrected chi connectivity index (χ1v) is 9.74. The largest absolute Gasteiger partial charge is 0.493 e. The van der Waals surface area contributed by atoms with E-state index in [4.69, 9.17) is 21.7 Å². The smallest absolute Gasteiger partial charge is 0.226 e. The molecule has 0 bridgehead atoms. The minimum Gasteiger partial charge on any atom is -0.493 e. The van der Waals surface area contributed by atoms with Gasteiger partial charge in [-0.05, 0) is 48.7 Å². The average Bonchev–Trinajstić information content (AvgIpc) is 2.60. The van der Waals surface area contributed by atoms with Crippen LogP contribution in [0, 0.1) is 5.92 Å². The Morgan fingerprint density at radius 2 is 2.00 bits per heavy atom. The number of hydrogen-bond acceptors (Lipinski definition) is 4. The van der Waals surface area contributed by atoms with Crippen LogP contribution in [0.5, 0.6) is 11.5 Å². The van der Waals surface area contributed by atoms with E-state index in [9.17, 15) is 4.79 Å². The van der Waals surface area contributed by atoms with Crippen molar-refractivity contribution in [3.63, 3.8) is 0 Å². The van der Waals surface area contributed by atoms with Crippen molar-refractivity contribution in [2.75, 3.05) is 13.7 Å². The summed E-state index contributed by atoms with van der Waals surface area (Å²) in [7, 11) is 1.63. The highest BCUT2D eigenvalue weighted by molar-refractivity contribution is 7.80. The average molecular weight is 381 g/mol. The molecule has 0 saturated heterocycles. The van der Waals surface area contributed by atoms with Gasteiger partial charge in [0.1, 0.15) is 0 Å². The van der Waals surface area contributed by atoms with Crippen molar-refractivity contribution in [2.45, 2.75) is 59.4 Å². The Morgan fingerprint density at radius 1 is 1.23 bits per heavy atom. The van der Waals surface area contributed by atoms with Crippen LogP contribution in [-0.2, 0) is 11.3 Å². The zero-order chi connectivity index (χ0) is 19.4. The molecule has 1 amide bonds. The fourth-order valence-corrected chi connectivity index (χ4v) is 2.48. The zero-order valence-electron chi connectivity index (χ0n) is 16.4. The van der Waals surface area contributed by atoms with Gasteiger partial charge < -0.3 is 20.1 Å². The van der Waals surface area contributed by atoms with Crippen LogP contribution in [0.15, 0.2) is 18.2 Å². The van der Waals surface area contributed by atoms with Crippen molar-refractivity contribution in [3.8, 4) is 11.5 Å². The number of carbonyl (C=O) groups is 1. The van der Waals surface area contributed by atoms with E-state index >= 15 is 0 Å². The highest BCUT2D eigenvalue weighted by Gasteiger charge is 2.08. The van der Waals surface area contributed by atoms with Crippen molar-refractivity contribution in [1.82, 2.24) is 10.6 Å². The third-order valence-electron chi connectivity index (χ3n) is 3.89. The van der Waals surface area contributed by atoms with Gasteiger partial charge in [0.2, 0.25) is 5.91 Å². The van der Waals surface area contributed by atoms with E-state index in [-0.39, 0.29) is 5.91 Å². The number of ether oxygens (including phenoxy) is 2. The van der Waals surface area contributed by atoms with Gasteiger partial charge in [0, 0.05) is 13.0 Å². The van der Waals surface area contributed by atoms with E-state index in [0.29, 0.717) is 36.4 Å². The number of hydrogen-bond donors (Lipinski definition) is 2. The molecule has 6 heteroatoms. The summed E-state index contributed by atoms with van der Waals surface area (Å²) in [6, 6.07) is 5.79. The van der Waals surface area contributed by atoms with Crippen LogP contribution in [0.4, 0.5) is 0 Å². The van der Waals surface area contributed by atoms with Gasteiger partial charge in [0.15, 0.2) is 16.6 Å². The molecule has 146 valence electrons. The molecule has 0 heterocycles. The fourth-order valence-electron chi connectivity index (χ4n) is 2.30. The number of benzene rings is 1. The Hall–Kier alpha value is -1.82. The molecule has 0 aliphatic carbocycles. The van der Waals surface area contributed by atoms with Crippen LogP contribution in [0.3, 0.4) is 0 Å². The zero-order valence-corrected chi connectivity index (χ0v) is 17.2. The highest BCUT2D eigenvalue weighted by Crippen LogP contribution is 2.28. The lowest BCUT2D eigenvalue weighted by atomic mass is 10.1.